The topological polar surface area (TPSA) is 52.7 Å². The number of methoxy groups -OCH3 is 2. The van der Waals surface area contributed by atoms with Gasteiger partial charge >= 0.3 is 0 Å². The van der Waals surface area contributed by atoms with Crippen LogP contribution in [0.4, 0.5) is 5.69 Å². The van der Waals surface area contributed by atoms with Crippen molar-refractivity contribution in [1.82, 2.24) is 0 Å². The van der Waals surface area contributed by atoms with E-state index in [2.05, 4.69) is 37.0 Å². The van der Waals surface area contributed by atoms with Crippen LogP contribution in [0.3, 0.4) is 0 Å². The number of nitrogens with one attached hydrogen (secondary N) is 1. The van der Waals surface area contributed by atoms with Crippen molar-refractivity contribution in [2.75, 3.05) is 14.2 Å². The quantitative estimate of drug-likeness (QED) is 0.881. The molecule has 1 aliphatic heterocycles. The third-order valence-electron chi connectivity index (χ3n) is 5.06. The maximum absolute atomic E-state index is 10.3. The van der Waals surface area contributed by atoms with Crippen LogP contribution in [0.5, 0.6) is 17.2 Å². The van der Waals surface area contributed by atoms with Crippen molar-refractivity contribution in [3.63, 3.8) is 0 Å². The number of para-hydroxylation sites is 1. The van der Waals surface area contributed by atoms with Crippen LogP contribution in [0.2, 0.25) is 0 Å². The van der Waals surface area contributed by atoms with E-state index in [0.717, 1.165) is 17.8 Å². The molecule has 0 spiro atoms. The highest BCUT2D eigenvalue weighted by molar-refractivity contribution is 6.05. The fourth-order valence-corrected chi connectivity index (χ4v) is 3.32. The van der Waals surface area contributed by atoms with Crippen LogP contribution in [0.15, 0.2) is 42.5 Å². The van der Waals surface area contributed by atoms with Crippen LogP contribution in [0.25, 0.3) is 6.08 Å². The summed E-state index contributed by atoms with van der Waals surface area (Å²) in [5, 5.41) is 10.3. The Labute approximate surface area is 148 Å². The molecule has 1 unspecified atom stereocenters. The lowest BCUT2D eigenvalue weighted by molar-refractivity contribution is -0.349. The number of phenolic OH excluding ortho intramolecular Hbond substituents is 1. The highest BCUT2D eigenvalue weighted by Crippen LogP contribution is 2.37. The summed E-state index contributed by atoms with van der Waals surface area (Å²) in [6.45, 7) is 4.42. The maximum Gasteiger partial charge on any atom is 0.208 e. The summed E-state index contributed by atoms with van der Waals surface area (Å²) in [5.74, 6) is 1.26. The van der Waals surface area contributed by atoms with Crippen molar-refractivity contribution in [2.45, 2.75) is 25.7 Å². The van der Waals surface area contributed by atoms with E-state index >= 15 is 0 Å². The first-order chi connectivity index (χ1) is 12.0. The van der Waals surface area contributed by atoms with Gasteiger partial charge in [0.1, 0.15) is 17.2 Å². The summed E-state index contributed by atoms with van der Waals surface area (Å²) in [5.41, 5.74) is 4.09. The molecule has 0 saturated carbocycles. The van der Waals surface area contributed by atoms with Crippen molar-refractivity contribution in [1.29, 1.82) is 0 Å². The number of rotatable bonds is 5. The first-order valence-corrected chi connectivity index (χ1v) is 8.40. The largest absolute Gasteiger partial charge is 0.507 e. The third kappa shape index (κ3) is 2.88. The second kappa shape index (κ2) is 6.63. The highest BCUT2D eigenvalue weighted by Gasteiger charge is 2.42. The Balaban J connectivity index is 2.01. The first kappa shape index (κ1) is 17.1. The Morgan fingerprint density at radius 2 is 1.88 bits per heavy atom. The Morgan fingerprint density at radius 3 is 2.56 bits per heavy atom. The minimum absolute atomic E-state index is 0.0809. The first-order valence-electron chi connectivity index (χ1n) is 8.40. The van der Waals surface area contributed by atoms with Gasteiger partial charge in [-0.25, -0.2) is 4.99 Å². The maximum atomic E-state index is 10.3. The van der Waals surface area contributed by atoms with Gasteiger partial charge in [0.25, 0.3) is 0 Å². The molecular formula is C21H24NO3+. The zero-order chi connectivity index (χ0) is 18.0. The van der Waals surface area contributed by atoms with Gasteiger partial charge in [-0.1, -0.05) is 25.1 Å². The molecule has 0 bridgehead atoms. The van der Waals surface area contributed by atoms with Crippen LogP contribution < -0.4 is 14.5 Å². The van der Waals surface area contributed by atoms with Crippen LogP contribution in [0, 0.1) is 0 Å². The summed E-state index contributed by atoms with van der Waals surface area (Å²) in [4.78, 5) is 3.51. The van der Waals surface area contributed by atoms with Gasteiger partial charge in [-0.3, -0.25) is 0 Å². The summed E-state index contributed by atoms with van der Waals surface area (Å²) < 4.78 is 10.6. The van der Waals surface area contributed by atoms with Crippen molar-refractivity contribution in [3.8, 4) is 17.2 Å². The lowest BCUT2D eigenvalue weighted by Gasteiger charge is -2.19. The minimum Gasteiger partial charge on any atom is -0.507 e. The molecule has 0 aliphatic carbocycles. The van der Waals surface area contributed by atoms with Gasteiger partial charge in [0, 0.05) is 29.8 Å². The number of hydrogen-bond acceptors (Lipinski definition) is 3. The Hall–Kier alpha value is -2.75. The normalized spacial score (nSPS) is 19.0. The molecule has 130 valence electrons. The third-order valence-corrected chi connectivity index (χ3v) is 5.06. The highest BCUT2D eigenvalue weighted by atomic mass is 16.5. The van der Waals surface area contributed by atoms with Crippen molar-refractivity contribution < 1.29 is 19.6 Å². The molecule has 4 nitrogen and oxygen atoms in total. The molecule has 3 rings (SSSR count). The predicted octanol–water partition coefficient (Wildman–Crippen LogP) is 2.96. The number of hydrogen-bond donors (Lipinski definition) is 2. The summed E-state index contributed by atoms with van der Waals surface area (Å²) in [6, 6.07) is 11.7. The molecule has 0 aromatic heterocycles. The number of aromatic hydroxyl groups is 1. The second-order valence-electron chi connectivity index (χ2n) is 6.37. The van der Waals surface area contributed by atoms with Crippen LogP contribution in [-0.2, 0) is 5.41 Å². The predicted molar refractivity (Wildman–Crippen MR) is 100.0 cm³/mol. The molecule has 2 aromatic carbocycles. The molecule has 0 radical (unpaired) electrons. The number of phenols is 1. The zero-order valence-electron chi connectivity index (χ0n) is 15.1. The SMILES string of the molecule is CCC1(C)C(/C=C/c2c(O)cc(OC)cc2OC)=[NH+]c2ccccc21. The Morgan fingerprint density at radius 1 is 1.12 bits per heavy atom. The average Bonchev–Trinajstić information content (AvgIpc) is 2.93. The van der Waals surface area contributed by atoms with E-state index < -0.39 is 0 Å². The van der Waals surface area contributed by atoms with Gasteiger partial charge in [0.05, 0.1) is 25.2 Å². The molecule has 2 N–H and O–H groups in total. The van der Waals surface area contributed by atoms with Gasteiger partial charge < -0.3 is 14.6 Å². The van der Waals surface area contributed by atoms with Crippen LogP contribution in [0.1, 0.15) is 31.4 Å². The lowest BCUT2D eigenvalue weighted by atomic mass is 9.77. The molecule has 0 fully saturated rings. The summed E-state index contributed by atoms with van der Waals surface area (Å²) in [6.07, 6.45) is 4.88. The monoisotopic (exact) mass is 338 g/mol. The lowest BCUT2D eigenvalue weighted by Crippen LogP contribution is -2.65. The van der Waals surface area contributed by atoms with E-state index in [1.165, 1.54) is 5.56 Å². The number of allylic oxidation sites excluding steroid dienone is 1. The second-order valence-corrected chi connectivity index (χ2v) is 6.37. The van der Waals surface area contributed by atoms with E-state index in [-0.39, 0.29) is 11.2 Å². The molecule has 0 saturated heterocycles. The molecule has 0 amide bonds. The van der Waals surface area contributed by atoms with E-state index in [1.54, 1.807) is 26.4 Å². The molecule has 4 heteroatoms. The van der Waals surface area contributed by atoms with Gasteiger partial charge in [-0.15, -0.1) is 0 Å². The van der Waals surface area contributed by atoms with Crippen molar-refractivity contribution in [2.24, 2.45) is 0 Å². The minimum atomic E-state index is -0.0809. The van der Waals surface area contributed by atoms with Crippen molar-refractivity contribution in [3.05, 3.63) is 53.6 Å². The van der Waals surface area contributed by atoms with Gasteiger partial charge in [0.15, 0.2) is 5.71 Å². The van der Waals surface area contributed by atoms with Gasteiger partial charge in [0.2, 0.25) is 5.69 Å². The van der Waals surface area contributed by atoms with E-state index in [1.807, 2.05) is 18.2 Å². The summed E-state index contributed by atoms with van der Waals surface area (Å²) in [7, 11) is 3.14. The van der Waals surface area contributed by atoms with E-state index in [0.29, 0.717) is 17.1 Å². The van der Waals surface area contributed by atoms with Crippen molar-refractivity contribution >= 4 is 17.5 Å². The van der Waals surface area contributed by atoms with E-state index in [4.69, 9.17) is 9.47 Å². The van der Waals surface area contributed by atoms with E-state index in [9.17, 15) is 5.11 Å². The fourth-order valence-electron chi connectivity index (χ4n) is 3.32. The molecular weight excluding hydrogens is 314 g/mol. The van der Waals surface area contributed by atoms with Crippen LogP contribution >= 0.6 is 0 Å². The summed E-state index contributed by atoms with van der Waals surface area (Å²) >= 11 is 0. The standard InChI is InChI=1S/C21H23NO3/c1-5-21(2)16-8-6-7-9-17(16)22-20(21)11-10-15-18(23)12-14(24-3)13-19(15)25-4/h6-13,23H,5H2,1-4H3/p+1/b11-10+. The number of fused-ring (bicyclic) bond motifs is 1. The Bertz CT molecular complexity index is 854. The number of benzene rings is 2. The zero-order valence-corrected chi connectivity index (χ0v) is 15.1. The van der Waals surface area contributed by atoms with Gasteiger partial charge in [-0.2, -0.15) is 0 Å². The number of ether oxygens (including phenoxy) is 2. The molecule has 1 atom stereocenters. The fraction of sp³-hybridized carbons (Fsp3) is 0.286. The Kier molecular flexibility index (Phi) is 4.53. The molecule has 2 aromatic rings. The van der Waals surface area contributed by atoms with Crippen LogP contribution in [-0.4, -0.2) is 25.0 Å². The molecule has 1 aliphatic rings. The molecule has 1 heterocycles. The van der Waals surface area contributed by atoms with Gasteiger partial charge in [-0.05, 0) is 19.4 Å². The smallest absolute Gasteiger partial charge is 0.208 e. The molecule has 25 heavy (non-hydrogen) atoms. The average molecular weight is 338 g/mol.